The van der Waals surface area contributed by atoms with Crippen LogP contribution in [-0.4, -0.2) is 211 Å². The highest BCUT2D eigenvalue weighted by molar-refractivity contribution is 6.09. The number of methoxy groups -OCH3 is 5. The lowest BCUT2D eigenvalue weighted by Crippen LogP contribution is -2.55. The van der Waals surface area contributed by atoms with Gasteiger partial charge in [-0.1, -0.05) is 119 Å². The highest BCUT2D eigenvalue weighted by atomic mass is 16.6. The van der Waals surface area contributed by atoms with Crippen LogP contribution < -0.4 is 25.4 Å². The monoisotopic (exact) mass is 1820 g/mol. The van der Waals surface area contributed by atoms with E-state index in [1.807, 2.05) is 113 Å². The molecule has 0 bridgehead atoms. The second-order valence-electron chi connectivity index (χ2n) is 38.7. The van der Waals surface area contributed by atoms with Crippen molar-refractivity contribution in [3.63, 3.8) is 0 Å². The Kier molecular flexibility index (Phi) is 28.3. The number of nitrogens with zero attached hydrogens (tertiary/aromatic N) is 8. The number of ether oxygens (including phenoxy) is 8. The number of hydrogen-bond acceptors (Lipinski definition) is 20. The summed E-state index contributed by atoms with van der Waals surface area (Å²) >= 11 is 0. The standard InChI is InChI=1S/C50H55N5O6.C46H57N5O7.C10H11NO4/c1-28(2)47(53-50(58)60-6)49(57)55-29(3)12-17-44(55)42-21-35(24-51-42)33-13-15-37-36(19-33)27-61-46-23-38-34(20-40(37)46)14-16-41-39(38)22-43(52-41)45-18-31(26-59-5)25-54(45)48(56)30(4)32-10-8-7-9-11-32;1-25(2)42(49-44(53)56-8)43(52)51-26(3)9-14-39(51)37-18-30(21-47-37)28-10-12-32-31(16-28)24-57-41-20-33-29(17-35(32)41)11-13-36-34(33)19-38(48-36)40-15-27(23-55-7)22-50(40)45(54)58-46(4,5)6;1-15-10(14)11-8(9(12)13)7-5-3-2-4-6-7/h7-11,13-16,19-20,23-24,28-31,44-45,47H,12,17-18,21-22,25-27H2,1-6H3,(H,53,58);10,12,16-17,20-21,25-27,39-40,42H,9,11,13-15,18-19,22-24H2,1-8H3,(H,49,53);2-6,8H,1H3,(H,11,14)(H,12,13)/t29-,30+,31-,44-,45-,47-;26-,27-,39-,40-,42-;8-/m001/s1. The third-order valence-electron chi connectivity index (χ3n) is 27.9. The van der Waals surface area contributed by atoms with Crippen LogP contribution in [-0.2, 0) is 73.7 Å². The molecule has 28 heteroatoms. The zero-order valence-electron chi connectivity index (χ0n) is 79.2. The first kappa shape index (κ1) is 94.4. The lowest BCUT2D eigenvalue weighted by molar-refractivity contribution is -0.139. The fourth-order valence-electron chi connectivity index (χ4n) is 21.1. The second-order valence-corrected chi connectivity index (χ2v) is 38.7. The van der Waals surface area contributed by atoms with Crippen molar-refractivity contribution < 1.29 is 81.4 Å². The van der Waals surface area contributed by atoms with E-state index in [4.69, 9.17) is 58.2 Å². The van der Waals surface area contributed by atoms with E-state index in [1.165, 1.54) is 49.2 Å². The van der Waals surface area contributed by atoms with Crippen molar-refractivity contribution in [2.24, 2.45) is 43.6 Å². The number of likely N-dealkylation sites (tertiary alicyclic amines) is 4. The van der Waals surface area contributed by atoms with Crippen molar-refractivity contribution in [1.29, 1.82) is 0 Å². The van der Waals surface area contributed by atoms with E-state index >= 15 is 0 Å². The number of hydrogen-bond donors (Lipinski definition) is 4. The summed E-state index contributed by atoms with van der Waals surface area (Å²) in [6.07, 6.45) is 11.1. The number of aryl methyl sites for hydroxylation is 1. The molecule has 10 aliphatic heterocycles. The molecule has 134 heavy (non-hydrogen) atoms. The van der Waals surface area contributed by atoms with Crippen molar-refractivity contribution in [3.05, 3.63) is 202 Å². The van der Waals surface area contributed by atoms with Crippen LogP contribution in [0.5, 0.6) is 11.5 Å². The molecular weight excluding hydrogens is 1700 g/mol. The molecule has 12 atom stereocenters. The van der Waals surface area contributed by atoms with Crippen LogP contribution in [0, 0.1) is 23.7 Å². The van der Waals surface area contributed by atoms with Crippen LogP contribution in [0.25, 0.3) is 49.7 Å². The number of aliphatic imine (C=N–C) groups is 4. The first-order valence-electron chi connectivity index (χ1n) is 46.9. The molecule has 7 aromatic carbocycles. The molecule has 1 aliphatic carbocycles. The molecule has 18 rings (SSSR count). The molecule has 4 saturated heterocycles. The molecule has 0 spiro atoms. The van der Waals surface area contributed by atoms with Gasteiger partial charge in [0, 0.05) is 129 Å². The number of alkyl carbamates (subject to hydrolysis) is 3. The van der Waals surface area contributed by atoms with Gasteiger partial charge in [0.2, 0.25) is 17.7 Å². The van der Waals surface area contributed by atoms with Crippen LogP contribution in [0.4, 0.5) is 24.9 Å². The van der Waals surface area contributed by atoms with Gasteiger partial charge in [0.15, 0.2) is 6.04 Å². The minimum absolute atomic E-state index is 0.0360. The number of benzene rings is 7. The number of carbonyl (C=O) groups is 8. The van der Waals surface area contributed by atoms with Crippen molar-refractivity contribution >= 4 is 104 Å². The Morgan fingerprint density at radius 2 is 1.01 bits per heavy atom. The molecule has 4 fully saturated rings. The average molecular weight is 1820 g/mol. The number of allylic oxidation sites excluding steroid dienone is 4. The van der Waals surface area contributed by atoms with Crippen LogP contribution in [0.15, 0.2) is 172 Å². The van der Waals surface area contributed by atoms with Crippen molar-refractivity contribution in [3.8, 4) is 33.8 Å². The van der Waals surface area contributed by atoms with E-state index in [0.717, 1.165) is 164 Å². The number of carboxylic acids is 1. The van der Waals surface area contributed by atoms with E-state index in [0.29, 0.717) is 70.8 Å². The zero-order valence-corrected chi connectivity index (χ0v) is 79.2. The molecule has 11 aliphatic rings. The summed E-state index contributed by atoms with van der Waals surface area (Å²) in [5.41, 5.74) is 23.1. The number of nitrogens with one attached hydrogen (secondary N) is 3. The topological polar surface area (TPSA) is 329 Å². The molecule has 10 heterocycles. The summed E-state index contributed by atoms with van der Waals surface area (Å²) < 4.78 is 43.9. The highest BCUT2D eigenvalue weighted by Gasteiger charge is 2.48. The number of aliphatic carboxylic acids is 1. The molecule has 704 valence electrons. The molecule has 28 nitrogen and oxygen atoms in total. The van der Waals surface area contributed by atoms with Gasteiger partial charge >= 0.3 is 30.3 Å². The van der Waals surface area contributed by atoms with Gasteiger partial charge in [-0.05, 0) is 236 Å². The number of rotatable bonds is 21. The first-order valence-corrected chi connectivity index (χ1v) is 46.9. The van der Waals surface area contributed by atoms with E-state index in [1.54, 1.807) is 44.6 Å². The molecule has 4 N–H and O–H groups in total. The van der Waals surface area contributed by atoms with E-state index in [-0.39, 0.29) is 89.7 Å². The van der Waals surface area contributed by atoms with Gasteiger partial charge in [-0.3, -0.25) is 39.3 Å². The summed E-state index contributed by atoms with van der Waals surface area (Å²) in [7, 11) is 7.24. The number of fused-ring (bicyclic) bond motifs is 11. The smallest absolute Gasteiger partial charge is 0.410 e. The van der Waals surface area contributed by atoms with Gasteiger partial charge in [0.1, 0.15) is 42.4 Å². The molecule has 0 saturated carbocycles. The number of amides is 7. The SMILES string of the molecule is COC(=O)N[C@@H](C(=O)O)c1ccccc1.COC[C@H]1C[C@@H](C2=NC3=C(C2)c2cc4c(cc2CC3)-c2ccc(C3=CN=C([C@@H]5CC[C@H](C)N5C(=O)[C@@H](NC(=O)OC)C(C)C)C3)cc2CO4)N(C(=O)OC(C)(C)C)C1.COC[C@H]1C[C@@H](C2=Nc3ccc4cc5c(cc4c3C2)OCc2cc(C3=CN=C([C@@H]4CC[C@H](C)N4C(=O)[C@@H](NC(=O)OC)C(C)C)C3)ccc2-5)N(C(=O)[C@H](C)c2ccccc2)C1. The normalized spacial score (nSPS) is 21.9. The third kappa shape index (κ3) is 19.8. The predicted octanol–water partition coefficient (Wildman–Crippen LogP) is 17.8. The quantitative estimate of drug-likeness (QED) is 0.0486. The Bertz CT molecular complexity index is 5970. The lowest BCUT2D eigenvalue weighted by atomic mass is 9.83. The van der Waals surface area contributed by atoms with E-state index < -0.39 is 48.0 Å². The second kappa shape index (κ2) is 40.2. The van der Waals surface area contributed by atoms with Crippen LogP contribution in [0.2, 0.25) is 0 Å². The molecule has 0 radical (unpaired) electrons. The van der Waals surface area contributed by atoms with E-state index in [9.17, 15) is 38.4 Å². The van der Waals surface area contributed by atoms with Crippen LogP contribution in [0.3, 0.4) is 0 Å². The summed E-state index contributed by atoms with van der Waals surface area (Å²) in [6, 6.07) is 42.0. The Balaban J connectivity index is 0.000000169. The van der Waals surface area contributed by atoms with Gasteiger partial charge in [-0.2, -0.15) is 0 Å². The van der Waals surface area contributed by atoms with Crippen molar-refractivity contribution in [2.45, 2.75) is 225 Å². The largest absolute Gasteiger partial charge is 0.488 e. The Hall–Kier alpha value is -12.8. The summed E-state index contributed by atoms with van der Waals surface area (Å²) in [5, 5.41) is 18.9. The molecule has 7 amide bonds. The molecule has 0 aromatic heterocycles. The Labute approximate surface area is 783 Å². The van der Waals surface area contributed by atoms with Crippen LogP contribution >= 0.6 is 0 Å². The molecular formula is C106H123N11O17. The minimum Gasteiger partial charge on any atom is -0.488 e. The highest BCUT2D eigenvalue weighted by Crippen LogP contribution is 2.50. The lowest BCUT2D eigenvalue weighted by Gasteiger charge is -2.33. The van der Waals surface area contributed by atoms with Gasteiger partial charge in [-0.15, -0.1) is 0 Å². The van der Waals surface area contributed by atoms with Crippen molar-refractivity contribution in [1.82, 2.24) is 35.6 Å². The number of carbonyl (C=O) groups excluding carboxylic acids is 7. The maximum atomic E-state index is 14.1. The fraction of sp³-hybridized carbons (Fsp3) is 0.453. The number of carboxylic acid groups (broad SMARTS) is 1. The maximum absolute atomic E-state index is 14.1. The summed E-state index contributed by atoms with van der Waals surface area (Å²) in [6.45, 7) is 22.9. The molecule has 0 unspecified atom stereocenters. The zero-order chi connectivity index (χ0) is 94.8. The first-order chi connectivity index (χ1) is 64.4. The summed E-state index contributed by atoms with van der Waals surface area (Å²) in [4.78, 5) is 129. The Morgan fingerprint density at radius 3 is 1.53 bits per heavy atom. The maximum Gasteiger partial charge on any atom is 0.410 e. The average Bonchev–Trinajstić information content (AvgIpc) is 1.03. The fourth-order valence-corrected chi connectivity index (χ4v) is 21.1. The van der Waals surface area contributed by atoms with Crippen molar-refractivity contribution in [2.75, 3.05) is 61.9 Å². The predicted molar refractivity (Wildman–Crippen MR) is 514 cm³/mol. The van der Waals surface area contributed by atoms with Gasteiger partial charge in [0.25, 0.3) is 0 Å². The van der Waals surface area contributed by atoms with Gasteiger partial charge in [0.05, 0.1) is 70.3 Å². The molecule has 7 aromatic rings. The van der Waals surface area contributed by atoms with Gasteiger partial charge in [-0.25, -0.2) is 24.0 Å². The van der Waals surface area contributed by atoms with Crippen LogP contribution in [0.1, 0.15) is 195 Å². The van der Waals surface area contributed by atoms with Gasteiger partial charge < -0.3 is 73.7 Å². The van der Waals surface area contributed by atoms with E-state index in [2.05, 4.69) is 112 Å². The Morgan fingerprint density at radius 1 is 0.500 bits per heavy atom. The summed E-state index contributed by atoms with van der Waals surface area (Å²) in [5.74, 6) is 0.586. The minimum atomic E-state index is -1.13. The third-order valence-corrected chi connectivity index (χ3v) is 27.9.